The van der Waals surface area contributed by atoms with Crippen molar-refractivity contribution in [2.45, 2.75) is 0 Å². The molecule has 3 aromatic heterocycles. The summed E-state index contributed by atoms with van der Waals surface area (Å²) in [6, 6.07) is 47.5. The summed E-state index contributed by atoms with van der Waals surface area (Å²) in [5, 5.41) is 8.73. The summed E-state index contributed by atoms with van der Waals surface area (Å²) in [5.41, 5.74) is 6.17. The van der Waals surface area contributed by atoms with Gasteiger partial charge in [0.2, 0.25) is 0 Å². The lowest BCUT2D eigenvalue weighted by Gasteiger charge is -2.12. The quantitative estimate of drug-likeness (QED) is 0.192. The SMILES string of the molecule is c1ccc(-c2nc(-c3cccc4c3ccc3cc5c(cc34)oc3ccccc35)nc(-c3cccc4oc5ccccc5c34)n2)cc1. The van der Waals surface area contributed by atoms with Crippen LogP contribution in [0, 0.1) is 0 Å². The van der Waals surface area contributed by atoms with Crippen molar-refractivity contribution in [3.63, 3.8) is 0 Å². The first-order valence-electron chi connectivity index (χ1n) is 15.3. The van der Waals surface area contributed by atoms with Gasteiger partial charge in [-0.3, -0.25) is 0 Å². The minimum atomic E-state index is 0.600. The van der Waals surface area contributed by atoms with Crippen LogP contribution in [0.5, 0.6) is 0 Å². The maximum atomic E-state index is 6.27. The molecule has 0 aliphatic heterocycles. The highest BCUT2D eigenvalue weighted by molar-refractivity contribution is 6.18. The predicted molar refractivity (Wildman–Crippen MR) is 186 cm³/mol. The van der Waals surface area contributed by atoms with E-state index >= 15 is 0 Å². The predicted octanol–water partition coefficient (Wildman–Crippen LogP) is 11.0. The van der Waals surface area contributed by atoms with E-state index in [2.05, 4.69) is 66.7 Å². The molecule has 3 heterocycles. The fourth-order valence-corrected chi connectivity index (χ4v) is 6.80. The molecule has 0 spiro atoms. The van der Waals surface area contributed by atoms with Gasteiger partial charge in [0.15, 0.2) is 17.5 Å². The molecule has 214 valence electrons. The average molecular weight is 590 g/mol. The average Bonchev–Trinajstić information content (AvgIpc) is 3.68. The number of fused-ring (bicyclic) bond motifs is 9. The van der Waals surface area contributed by atoms with Gasteiger partial charge < -0.3 is 8.83 Å². The van der Waals surface area contributed by atoms with Crippen LogP contribution in [-0.2, 0) is 0 Å². The normalized spacial score (nSPS) is 11.9. The maximum absolute atomic E-state index is 6.27. The molecule has 0 amide bonds. The van der Waals surface area contributed by atoms with Gasteiger partial charge in [0, 0.05) is 38.2 Å². The van der Waals surface area contributed by atoms with Crippen molar-refractivity contribution in [3.05, 3.63) is 140 Å². The molecule has 0 atom stereocenters. The third-order valence-electron chi connectivity index (χ3n) is 8.93. The summed E-state index contributed by atoms with van der Waals surface area (Å²) in [7, 11) is 0. The molecule has 10 rings (SSSR count). The van der Waals surface area contributed by atoms with Crippen LogP contribution in [0.1, 0.15) is 0 Å². The molecule has 0 saturated carbocycles. The zero-order valence-corrected chi connectivity index (χ0v) is 24.4. The second kappa shape index (κ2) is 9.58. The molecule has 5 nitrogen and oxygen atoms in total. The van der Waals surface area contributed by atoms with Crippen LogP contribution in [0.4, 0.5) is 0 Å². The Kier molecular flexibility index (Phi) is 5.22. The van der Waals surface area contributed by atoms with Gasteiger partial charge in [-0.2, -0.15) is 0 Å². The summed E-state index contributed by atoms with van der Waals surface area (Å²) in [4.78, 5) is 15.3. The fraction of sp³-hybridized carbons (Fsp3) is 0. The van der Waals surface area contributed by atoms with Crippen molar-refractivity contribution in [1.82, 2.24) is 15.0 Å². The molecule has 5 heteroatoms. The molecule has 0 aliphatic carbocycles. The van der Waals surface area contributed by atoms with Gasteiger partial charge in [0.25, 0.3) is 0 Å². The van der Waals surface area contributed by atoms with Gasteiger partial charge in [-0.05, 0) is 51.9 Å². The van der Waals surface area contributed by atoms with Crippen LogP contribution in [-0.4, -0.2) is 15.0 Å². The van der Waals surface area contributed by atoms with Crippen molar-refractivity contribution >= 4 is 65.4 Å². The Morgan fingerprint density at radius 2 is 0.978 bits per heavy atom. The Morgan fingerprint density at radius 3 is 1.85 bits per heavy atom. The minimum absolute atomic E-state index is 0.600. The lowest BCUT2D eigenvalue weighted by atomic mass is 9.96. The van der Waals surface area contributed by atoms with E-state index in [9.17, 15) is 0 Å². The molecular formula is C41H23N3O2. The van der Waals surface area contributed by atoms with Gasteiger partial charge in [-0.15, -0.1) is 0 Å². The molecule has 0 N–H and O–H groups in total. The van der Waals surface area contributed by atoms with Crippen LogP contribution in [0.3, 0.4) is 0 Å². The molecule has 0 unspecified atom stereocenters. The lowest BCUT2D eigenvalue weighted by Crippen LogP contribution is -2.00. The van der Waals surface area contributed by atoms with E-state index < -0.39 is 0 Å². The van der Waals surface area contributed by atoms with Crippen LogP contribution < -0.4 is 0 Å². The second-order valence-electron chi connectivity index (χ2n) is 11.6. The summed E-state index contributed by atoms with van der Waals surface area (Å²) >= 11 is 0. The Hall–Kier alpha value is -6.33. The largest absolute Gasteiger partial charge is 0.456 e. The highest BCUT2D eigenvalue weighted by atomic mass is 16.3. The van der Waals surface area contributed by atoms with E-state index in [1.54, 1.807) is 0 Å². The van der Waals surface area contributed by atoms with Gasteiger partial charge in [0.05, 0.1) is 0 Å². The first-order chi connectivity index (χ1) is 22.8. The number of hydrogen-bond donors (Lipinski definition) is 0. The molecule has 10 aromatic rings. The number of hydrogen-bond acceptors (Lipinski definition) is 5. The third kappa shape index (κ3) is 3.72. The van der Waals surface area contributed by atoms with Crippen LogP contribution in [0.2, 0.25) is 0 Å². The number of furan rings is 2. The standard InChI is InChI=1S/C41H23N3O2/c1-2-10-24(11-3-1)39-42-40(44-41(43-39)31-16-9-19-36-38(31)30-13-5-7-18-35(30)45-36)29-15-8-14-26-27(29)21-20-25-22-33-28-12-4-6-17-34(28)46-37(33)23-32(25)26/h1-23H. The smallest absolute Gasteiger partial charge is 0.164 e. The van der Waals surface area contributed by atoms with Crippen molar-refractivity contribution in [3.8, 4) is 34.2 Å². The molecule has 7 aromatic carbocycles. The van der Waals surface area contributed by atoms with Gasteiger partial charge in [0.1, 0.15) is 22.3 Å². The second-order valence-corrected chi connectivity index (χ2v) is 11.6. The van der Waals surface area contributed by atoms with E-state index in [-0.39, 0.29) is 0 Å². The Bertz CT molecular complexity index is 2810. The number of aromatic nitrogens is 3. The Labute approximate surface area is 262 Å². The summed E-state index contributed by atoms with van der Waals surface area (Å²) < 4.78 is 12.5. The van der Waals surface area contributed by atoms with Gasteiger partial charge in [-0.1, -0.05) is 109 Å². The molecule has 0 saturated heterocycles. The highest BCUT2D eigenvalue weighted by Crippen LogP contribution is 2.39. The topological polar surface area (TPSA) is 65.0 Å². The van der Waals surface area contributed by atoms with E-state index in [0.29, 0.717) is 17.5 Å². The first kappa shape index (κ1) is 25.0. The number of rotatable bonds is 3. The molecule has 46 heavy (non-hydrogen) atoms. The summed E-state index contributed by atoms with van der Waals surface area (Å²) in [6.45, 7) is 0. The maximum Gasteiger partial charge on any atom is 0.164 e. The van der Waals surface area contributed by atoms with E-state index in [0.717, 1.165) is 82.1 Å². The van der Waals surface area contributed by atoms with Gasteiger partial charge in [-0.25, -0.2) is 15.0 Å². The van der Waals surface area contributed by atoms with E-state index in [4.69, 9.17) is 23.8 Å². The van der Waals surface area contributed by atoms with E-state index in [1.807, 2.05) is 72.8 Å². The fourth-order valence-electron chi connectivity index (χ4n) is 6.80. The van der Waals surface area contributed by atoms with Crippen LogP contribution in [0.15, 0.2) is 148 Å². The Morgan fingerprint density at radius 1 is 0.348 bits per heavy atom. The number of para-hydroxylation sites is 2. The number of nitrogens with zero attached hydrogens (tertiary/aromatic N) is 3. The zero-order valence-electron chi connectivity index (χ0n) is 24.4. The molecule has 0 bridgehead atoms. The molecule has 0 aliphatic rings. The van der Waals surface area contributed by atoms with Crippen LogP contribution >= 0.6 is 0 Å². The highest BCUT2D eigenvalue weighted by Gasteiger charge is 2.19. The number of benzene rings is 7. The van der Waals surface area contributed by atoms with Gasteiger partial charge >= 0.3 is 0 Å². The molecule has 0 fully saturated rings. The van der Waals surface area contributed by atoms with Crippen molar-refractivity contribution < 1.29 is 8.83 Å². The monoisotopic (exact) mass is 589 g/mol. The lowest BCUT2D eigenvalue weighted by molar-refractivity contribution is 0.669. The summed E-state index contributed by atoms with van der Waals surface area (Å²) in [6.07, 6.45) is 0. The minimum Gasteiger partial charge on any atom is -0.456 e. The Balaban J connectivity index is 1.24. The zero-order chi connectivity index (χ0) is 30.2. The first-order valence-corrected chi connectivity index (χ1v) is 15.3. The molecule has 0 radical (unpaired) electrons. The van der Waals surface area contributed by atoms with Crippen molar-refractivity contribution in [2.75, 3.05) is 0 Å². The third-order valence-corrected chi connectivity index (χ3v) is 8.93. The van der Waals surface area contributed by atoms with Crippen LogP contribution in [0.25, 0.3) is 99.6 Å². The van der Waals surface area contributed by atoms with Crippen molar-refractivity contribution in [1.29, 1.82) is 0 Å². The van der Waals surface area contributed by atoms with Crippen molar-refractivity contribution in [2.24, 2.45) is 0 Å². The summed E-state index contributed by atoms with van der Waals surface area (Å²) in [5.74, 6) is 1.83. The molecular weight excluding hydrogens is 566 g/mol. The van der Waals surface area contributed by atoms with E-state index in [1.165, 1.54) is 0 Å².